The van der Waals surface area contributed by atoms with E-state index in [9.17, 15) is 23.3 Å². The molecule has 12 heteroatoms. The Morgan fingerprint density at radius 3 is 2.72 bits per heavy atom. The van der Waals surface area contributed by atoms with E-state index in [-0.39, 0.29) is 30.4 Å². The fourth-order valence-electron chi connectivity index (χ4n) is 3.18. The van der Waals surface area contributed by atoms with E-state index in [0.29, 0.717) is 19.7 Å². The van der Waals surface area contributed by atoms with Crippen molar-refractivity contribution < 1.29 is 22.9 Å². The summed E-state index contributed by atoms with van der Waals surface area (Å²) >= 11 is 0. The van der Waals surface area contributed by atoms with Gasteiger partial charge in [0.1, 0.15) is 5.69 Å². The van der Waals surface area contributed by atoms with Crippen LogP contribution in [0.15, 0.2) is 53.4 Å². The molecule has 0 spiro atoms. The molecule has 0 aromatic heterocycles. The second kappa shape index (κ2) is 10.2. The highest BCUT2D eigenvalue weighted by molar-refractivity contribution is 7.90. The van der Waals surface area contributed by atoms with E-state index in [1.165, 1.54) is 24.3 Å². The van der Waals surface area contributed by atoms with Crippen LogP contribution in [-0.2, 0) is 14.8 Å². The van der Waals surface area contributed by atoms with E-state index < -0.39 is 31.4 Å². The second-order valence-corrected chi connectivity index (χ2v) is 8.69. The van der Waals surface area contributed by atoms with Gasteiger partial charge in [-0.3, -0.25) is 19.8 Å². The third-order valence-corrected chi connectivity index (χ3v) is 6.11. The minimum absolute atomic E-state index is 0.115. The molecule has 168 valence electrons. The number of nitriles is 1. The van der Waals surface area contributed by atoms with Crippen LogP contribution < -0.4 is 10.0 Å². The van der Waals surface area contributed by atoms with E-state index >= 15 is 0 Å². The molecule has 2 N–H and O–H groups in total. The molecule has 1 fully saturated rings. The molecule has 1 amide bonds. The Morgan fingerprint density at radius 2 is 2.03 bits per heavy atom. The molecule has 1 unspecified atom stereocenters. The molecule has 1 heterocycles. The number of morpholine rings is 1. The predicted octanol–water partition coefficient (Wildman–Crippen LogP) is 1.35. The minimum atomic E-state index is -4.32. The van der Waals surface area contributed by atoms with Crippen LogP contribution >= 0.6 is 0 Å². The topological polar surface area (TPSA) is 155 Å². The van der Waals surface area contributed by atoms with Crippen LogP contribution in [0, 0.1) is 21.4 Å². The number of ether oxygens (including phenoxy) is 1. The van der Waals surface area contributed by atoms with Crippen LogP contribution in [0.5, 0.6) is 0 Å². The van der Waals surface area contributed by atoms with Gasteiger partial charge in [0.25, 0.3) is 21.6 Å². The van der Waals surface area contributed by atoms with Gasteiger partial charge in [0.15, 0.2) is 0 Å². The zero-order valence-electron chi connectivity index (χ0n) is 16.9. The minimum Gasteiger partial charge on any atom is -0.377 e. The third kappa shape index (κ3) is 5.79. The summed E-state index contributed by atoms with van der Waals surface area (Å²) in [5, 5.41) is 23.3. The summed E-state index contributed by atoms with van der Waals surface area (Å²) in [6.07, 6.45) is -0.287. The summed E-state index contributed by atoms with van der Waals surface area (Å²) in [6.45, 7) is 2.06. The lowest BCUT2D eigenvalue weighted by molar-refractivity contribution is -0.384. The lowest BCUT2D eigenvalue weighted by Gasteiger charge is -2.31. The molecule has 1 aliphatic rings. The van der Waals surface area contributed by atoms with Crippen molar-refractivity contribution in [2.75, 3.05) is 38.1 Å². The summed E-state index contributed by atoms with van der Waals surface area (Å²) in [4.78, 5) is 24.5. The third-order valence-electron chi connectivity index (χ3n) is 4.78. The highest BCUT2D eigenvalue weighted by atomic mass is 32.2. The van der Waals surface area contributed by atoms with Gasteiger partial charge in [-0.2, -0.15) is 5.26 Å². The second-order valence-electron chi connectivity index (χ2n) is 7.00. The molecule has 2 aromatic rings. The number of rotatable bonds is 8. The van der Waals surface area contributed by atoms with Gasteiger partial charge in [-0.25, -0.2) is 13.1 Å². The molecular formula is C20H21N5O6S. The number of nitro groups is 1. The average molecular weight is 459 g/mol. The first-order valence-corrected chi connectivity index (χ1v) is 11.1. The molecule has 0 aliphatic carbocycles. The average Bonchev–Trinajstić information content (AvgIpc) is 2.78. The Morgan fingerprint density at radius 1 is 1.28 bits per heavy atom. The van der Waals surface area contributed by atoms with Crippen LogP contribution in [0.1, 0.15) is 10.4 Å². The maximum Gasteiger partial charge on any atom is 0.293 e. The normalized spacial score (nSPS) is 16.7. The molecule has 1 saturated heterocycles. The number of anilines is 1. The summed E-state index contributed by atoms with van der Waals surface area (Å²) in [7, 11) is -4.32. The Hall–Kier alpha value is -3.53. The van der Waals surface area contributed by atoms with E-state index in [1.807, 2.05) is 9.62 Å². The first-order chi connectivity index (χ1) is 15.3. The highest BCUT2D eigenvalue weighted by Gasteiger charge is 2.25. The van der Waals surface area contributed by atoms with Crippen molar-refractivity contribution in [2.45, 2.75) is 11.0 Å². The highest BCUT2D eigenvalue weighted by Crippen LogP contribution is 2.28. The fraction of sp³-hybridized carbons (Fsp3) is 0.300. The number of hydrogen-bond donors (Lipinski definition) is 2. The Bertz CT molecular complexity index is 1130. The zero-order valence-corrected chi connectivity index (χ0v) is 17.7. The van der Waals surface area contributed by atoms with Crippen molar-refractivity contribution >= 4 is 27.3 Å². The van der Waals surface area contributed by atoms with Crippen LogP contribution in [-0.4, -0.2) is 63.0 Å². The maximum atomic E-state index is 12.6. The van der Waals surface area contributed by atoms with Gasteiger partial charge < -0.3 is 10.1 Å². The number of benzene rings is 2. The van der Waals surface area contributed by atoms with Gasteiger partial charge in [-0.1, -0.05) is 18.2 Å². The molecular weight excluding hydrogens is 438 g/mol. The largest absolute Gasteiger partial charge is 0.377 e. The van der Waals surface area contributed by atoms with Gasteiger partial charge in [-0.05, 0) is 24.3 Å². The molecule has 0 saturated carbocycles. The van der Waals surface area contributed by atoms with E-state index in [4.69, 9.17) is 10.00 Å². The number of carbonyl (C=O) groups is 1. The summed E-state index contributed by atoms with van der Waals surface area (Å²) < 4.78 is 32.7. The fourth-order valence-corrected chi connectivity index (χ4v) is 4.17. The van der Waals surface area contributed by atoms with Crippen molar-refractivity contribution in [1.82, 2.24) is 9.62 Å². The molecule has 2 aromatic carbocycles. The predicted molar refractivity (Wildman–Crippen MR) is 114 cm³/mol. The molecule has 0 bridgehead atoms. The van der Waals surface area contributed by atoms with Crippen molar-refractivity contribution in [3.05, 3.63) is 64.2 Å². The van der Waals surface area contributed by atoms with E-state index in [2.05, 4.69) is 11.4 Å². The first kappa shape index (κ1) is 23.1. The van der Waals surface area contributed by atoms with E-state index in [1.54, 1.807) is 18.2 Å². The Labute approximate surface area is 184 Å². The molecule has 0 radical (unpaired) electrons. The SMILES string of the molecule is N#CCN1CCOC(CNc2ccc(S(=O)(=O)NC(=O)c3ccccc3)cc2[N+](=O)[O-])C1. The number of nitrogens with zero attached hydrogens (tertiary/aromatic N) is 3. The van der Waals surface area contributed by atoms with Gasteiger partial charge in [0.2, 0.25) is 0 Å². The van der Waals surface area contributed by atoms with Crippen LogP contribution in [0.25, 0.3) is 0 Å². The molecule has 3 rings (SSSR count). The van der Waals surface area contributed by atoms with Crippen LogP contribution in [0.2, 0.25) is 0 Å². The quantitative estimate of drug-likeness (QED) is 0.338. The Kier molecular flexibility index (Phi) is 7.37. The van der Waals surface area contributed by atoms with Crippen LogP contribution in [0.3, 0.4) is 0 Å². The lowest BCUT2D eigenvalue weighted by Crippen LogP contribution is -2.45. The summed E-state index contributed by atoms with van der Waals surface area (Å²) in [6, 6.07) is 13.2. The van der Waals surface area contributed by atoms with Crippen LogP contribution in [0.4, 0.5) is 11.4 Å². The number of nitrogens with one attached hydrogen (secondary N) is 2. The van der Waals surface area contributed by atoms with Crippen molar-refractivity contribution in [3.8, 4) is 6.07 Å². The summed E-state index contributed by atoms with van der Waals surface area (Å²) in [5.41, 5.74) is -0.198. The van der Waals surface area contributed by atoms with Crippen molar-refractivity contribution in [1.29, 1.82) is 5.26 Å². The first-order valence-electron chi connectivity index (χ1n) is 9.65. The zero-order chi connectivity index (χ0) is 23.1. The number of amides is 1. The standard InChI is InChI=1S/C20H21N5O6S/c21-8-9-24-10-11-31-16(14-24)13-22-18-7-6-17(12-19(18)25(27)28)32(29,30)23-20(26)15-4-2-1-3-5-15/h1-7,12,16,22H,9-11,13-14H2,(H,23,26). The van der Waals surface area contributed by atoms with E-state index in [0.717, 1.165) is 6.07 Å². The number of hydrogen-bond acceptors (Lipinski definition) is 9. The molecule has 32 heavy (non-hydrogen) atoms. The molecule has 1 aliphatic heterocycles. The van der Waals surface area contributed by atoms with Gasteiger partial charge in [0, 0.05) is 31.3 Å². The lowest BCUT2D eigenvalue weighted by atomic mass is 10.2. The molecule has 11 nitrogen and oxygen atoms in total. The smallest absolute Gasteiger partial charge is 0.293 e. The number of nitro benzene ring substituents is 1. The summed E-state index contributed by atoms with van der Waals surface area (Å²) in [5.74, 6) is -0.841. The monoisotopic (exact) mass is 459 g/mol. The molecule has 1 atom stereocenters. The van der Waals surface area contributed by atoms with Crippen molar-refractivity contribution in [3.63, 3.8) is 0 Å². The number of carbonyl (C=O) groups excluding carboxylic acids is 1. The van der Waals surface area contributed by atoms with Gasteiger partial charge in [-0.15, -0.1) is 0 Å². The van der Waals surface area contributed by atoms with Gasteiger partial charge >= 0.3 is 0 Å². The van der Waals surface area contributed by atoms with Gasteiger partial charge in [0.05, 0.1) is 35.1 Å². The maximum absolute atomic E-state index is 12.6. The van der Waals surface area contributed by atoms with Crippen molar-refractivity contribution in [2.24, 2.45) is 0 Å². The number of sulfonamides is 1. The Balaban J connectivity index is 1.73.